The molecule has 0 heterocycles. The number of nitrogens with one attached hydrogen (secondary N) is 2. The minimum absolute atomic E-state index is 0.138. The highest BCUT2D eigenvalue weighted by molar-refractivity contribution is 6.35. The number of halogens is 9. The lowest BCUT2D eigenvalue weighted by Crippen LogP contribution is -2.36. The normalized spacial score (nSPS) is 12.2. The summed E-state index contributed by atoms with van der Waals surface area (Å²) in [6.07, 6.45) is -5.91. The quantitative estimate of drug-likeness (QED) is 0.236. The second-order valence-electron chi connectivity index (χ2n) is 7.43. The van der Waals surface area contributed by atoms with E-state index in [0.717, 1.165) is 42.5 Å². The Morgan fingerprint density at radius 3 is 2.06 bits per heavy atom. The van der Waals surface area contributed by atoms with E-state index < -0.39 is 57.8 Å². The van der Waals surface area contributed by atoms with Crippen LogP contribution in [0.25, 0.3) is 0 Å². The molecule has 1 atom stereocenters. The molecule has 4 nitrogen and oxygen atoms in total. The van der Waals surface area contributed by atoms with E-state index >= 15 is 0 Å². The monoisotopic (exact) mass is 568 g/mol. The van der Waals surface area contributed by atoms with E-state index in [1.807, 2.05) is 0 Å². The Morgan fingerprint density at radius 1 is 0.833 bits per heavy atom. The number of benzene rings is 3. The van der Waals surface area contributed by atoms with Gasteiger partial charge in [-0.25, -0.2) is 13.2 Å². The molecule has 0 spiro atoms. The van der Waals surface area contributed by atoms with Crippen molar-refractivity contribution in [2.24, 2.45) is 5.92 Å². The van der Waals surface area contributed by atoms with Crippen molar-refractivity contribution in [1.29, 1.82) is 0 Å². The number of anilines is 2. The fraction of sp³-hybridized carbons (Fsp3) is 0.130. The first-order valence-corrected chi connectivity index (χ1v) is 11.0. The molecule has 3 rings (SSSR count). The van der Waals surface area contributed by atoms with Crippen molar-refractivity contribution in [2.45, 2.75) is 12.6 Å². The maximum absolute atomic E-state index is 13.8. The number of carbonyl (C=O) groups excluding carboxylic acids is 2. The van der Waals surface area contributed by atoms with Crippen molar-refractivity contribution in [2.75, 3.05) is 10.6 Å². The maximum atomic E-state index is 13.8. The fourth-order valence-electron chi connectivity index (χ4n) is 3.11. The van der Waals surface area contributed by atoms with Gasteiger partial charge in [-0.1, -0.05) is 34.8 Å². The van der Waals surface area contributed by atoms with Crippen LogP contribution in [0.2, 0.25) is 15.1 Å². The summed E-state index contributed by atoms with van der Waals surface area (Å²) in [6.45, 7) is 0. The van der Waals surface area contributed by atoms with Gasteiger partial charge in [-0.05, 0) is 54.4 Å². The van der Waals surface area contributed by atoms with Gasteiger partial charge in [-0.3, -0.25) is 9.59 Å². The molecule has 3 aromatic carbocycles. The lowest BCUT2D eigenvalue weighted by Gasteiger charge is -2.20. The van der Waals surface area contributed by atoms with E-state index in [1.165, 1.54) is 0 Å². The molecular weight excluding hydrogens is 557 g/mol. The third-order valence-electron chi connectivity index (χ3n) is 4.85. The fourth-order valence-corrected chi connectivity index (χ4v) is 3.84. The van der Waals surface area contributed by atoms with Crippen LogP contribution >= 0.6 is 34.8 Å². The number of alkyl halides is 3. The Labute approximate surface area is 215 Å². The van der Waals surface area contributed by atoms with Crippen molar-refractivity contribution < 1.29 is 35.9 Å². The number of carbonyl (C=O) groups is 2. The standard InChI is InChI=1S/C23H13Cl3F6N2O2/c24-15-3-2-12(9-13(15)21(35)34-19-4-1-11(27)8-18(19)28)33-22(36)14(23(30,31)32)5-10-6-16(25)20(29)17(26)7-10/h1-4,6-9,14H,5H2,(H,33,36)(H,34,35). The average Bonchev–Trinajstić information content (AvgIpc) is 2.78. The number of hydrogen-bond acceptors (Lipinski definition) is 2. The Balaban J connectivity index is 1.83. The SMILES string of the molecule is O=C(Nc1ccc(F)cc1F)c1cc(NC(=O)C(Cc2cc(Cl)c(F)c(Cl)c2)C(F)(F)F)ccc1Cl. The van der Waals surface area contributed by atoms with Crippen LogP contribution in [0.1, 0.15) is 15.9 Å². The van der Waals surface area contributed by atoms with Gasteiger partial charge in [0.25, 0.3) is 5.91 Å². The molecule has 0 aliphatic heterocycles. The molecule has 0 aliphatic rings. The summed E-state index contributed by atoms with van der Waals surface area (Å²) in [4.78, 5) is 25.1. The second-order valence-corrected chi connectivity index (χ2v) is 8.66. The van der Waals surface area contributed by atoms with E-state index in [1.54, 1.807) is 0 Å². The molecule has 0 aliphatic carbocycles. The van der Waals surface area contributed by atoms with Crippen LogP contribution in [0.15, 0.2) is 48.5 Å². The van der Waals surface area contributed by atoms with Crippen LogP contribution in [0.4, 0.5) is 37.7 Å². The van der Waals surface area contributed by atoms with Crippen LogP contribution in [0, 0.1) is 23.4 Å². The van der Waals surface area contributed by atoms with E-state index in [0.29, 0.717) is 6.07 Å². The molecule has 0 saturated heterocycles. The van der Waals surface area contributed by atoms with Gasteiger partial charge in [-0.2, -0.15) is 13.2 Å². The molecule has 2 amide bonds. The van der Waals surface area contributed by atoms with Gasteiger partial charge in [-0.15, -0.1) is 0 Å². The molecule has 0 saturated carbocycles. The maximum Gasteiger partial charge on any atom is 0.400 e. The second kappa shape index (κ2) is 11.0. The predicted octanol–water partition coefficient (Wildman–Crippen LogP) is 7.68. The van der Waals surface area contributed by atoms with Gasteiger partial charge in [0.1, 0.15) is 17.6 Å². The zero-order valence-electron chi connectivity index (χ0n) is 17.6. The molecule has 13 heteroatoms. The average molecular weight is 570 g/mol. The molecular formula is C23H13Cl3F6N2O2. The van der Waals surface area contributed by atoms with Gasteiger partial charge in [0.05, 0.1) is 26.3 Å². The first kappa shape index (κ1) is 27.6. The molecule has 3 aromatic rings. The molecule has 0 bridgehead atoms. The highest BCUT2D eigenvalue weighted by atomic mass is 35.5. The summed E-state index contributed by atoms with van der Waals surface area (Å²) in [6, 6.07) is 7.51. The minimum atomic E-state index is -5.01. The van der Waals surface area contributed by atoms with Crippen LogP contribution in [0.5, 0.6) is 0 Å². The van der Waals surface area contributed by atoms with Crippen molar-refractivity contribution >= 4 is 58.0 Å². The van der Waals surface area contributed by atoms with Crippen LogP contribution in [0.3, 0.4) is 0 Å². The van der Waals surface area contributed by atoms with Crippen molar-refractivity contribution in [3.63, 3.8) is 0 Å². The summed E-state index contributed by atoms with van der Waals surface area (Å²) in [7, 11) is 0. The minimum Gasteiger partial charge on any atom is -0.326 e. The van der Waals surface area contributed by atoms with Gasteiger partial charge in [0, 0.05) is 11.8 Å². The van der Waals surface area contributed by atoms with E-state index in [2.05, 4.69) is 10.6 Å². The van der Waals surface area contributed by atoms with Gasteiger partial charge in [0.2, 0.25) is 5.91 Å². The number of amides is 2. The molecule has 0 radical (unpaired) electrons. The molecule has 190 valence electrons. The number of hydrogen-bond donors (Lipinski definition) is 2. The smallest absolute Gasteiger partial charge is 0.326 e. The Morgan fingerprint density at radius 2 is 1.47 bits per heavy atom. The predicted molar refractivity (Wildman–Crippen MR) is 124 cm³/mol. The summed E-state index contributed by atoms with van der Waals surface area (Å²) in [5, 5.41) is 3.03. The zero-order chi connectivity index (χ0) is 26.8. The Bertz CT molecular complexity index is 1310. The van der Waals surface area contributed by atoms with Crippen LogP contribution in [-0.4, -0.2) is 18.0 Å². The molecule has 0 fully saturated rings. The third kappa shape index (κ3) is 6.63. The van der Waals surface area contributed by atoms with Crippen molar-refractivity contribution in [3.05, 3.63) is 92.2 Å². The van der Waals surface area contributed by atoms with Gasteiger partial charge >= 0.3 is 6.18 Å². The first-order chi connectivity index (χ1) is 16.8. The molecule has 2 N–H and O–H groups in total. The first-order valence-electron chi connectivity index (χ1n) is 9.83. The number of rotatable bonds is 6. The van der Waals surface area contributed by atoms with Crippen molar-refractivity contribution in [1.82, 2.24) is 0 Å². The highest BCUT2D eigenvalue weighted by Crippen LogP contribution is 2.33. The topological polar surface area (TPSA) is 58.2 Å². The van der Waals surface area contributed by atoms with E-state index in [4.69, 9.17) is 34.8 Å². The lowest BCUT2D eigenvalue weighted by atomic mass is 9.97. The summed E-state index contributed by atoms with van der Waals surface area (Å²) < 4.78 is 81.5. The summed E-state index contributed by atoms with van der Waals surface area (Å²) in [5.41, 5.74) is -1.04. The largest absolute Gasteiger partial charge is 0.400 e. The highest BCUT2D eigenvalue weighted by Gasteiger charge is 2.45. The Kier molecular flexibility index (Phi) is 8.43. The summed E-state index contributed by atoms with van der Waals surface area (Å²) in [5.74, 6) is -8.00. The van der Waals surface area contributed by atoms with E-state index in [9.17, 15) is 35.9 Å². The van der Waals surface area contributed by atoms with Crippen LogP contribution < -0.4 is 10.6 Å². The molecule has 1 unspecified atom stereocenters. The van der Waals surface area contributed by atoms with Gasteiger partial charge in [0.15, 0.2) is 5.82 Å². The third-order valence-corrected chi connectivity index (χ3v) is 5.73. The molecule has 0 aromatic heterocycles. The molecule has 36 heavy (non-hydrogen) atoms. The van der Waals surface area contributed by atoms with Crippen LogP contribution in [-0.2, 0) is 11.2 Å². The Hall–Kier alpha value is -2.95. The summed E-state index contributed by atoms with van der Waals surface area (Å²) >= 11 is 17.2. The van der Waals surface area contributed by atoms with Crippen molar-refractivity contribution in [3.8, 4) is 0 Å². The lowest BCUT2D eigenvalue weighted by molar-refractivity contribution is -0.179. The van der Waals surface area contributed by atoms with E-state index in [-0.39, 0.29) is 27.5 Å². The van der Waals surface area contributed by atoms with Gasteiger partial charge < -0.3 is 10.6 Å². The zero-order valence-corrected chi connectivity index (χ0v) is 19.9.